The first-order valence-electron chi connectivity index (χ1n) is 5.82. The van der Waals surface area contributed by atoms with Crippen molar-refractivity contribution in [3.8, 4) is 0 Å². The molecule has 0 aliphatic rings. The van der Waals surface area contributed by atoms with Gasteiger partial charge in [0.25, 0.3) is 9.05 Å². The van der Waals surface area contributed by atoms with Crippen molar-refractivity contribution in [2.75, 3.05) is 12.0 Å². The highest BCUT2D eigenvalue weighted by Crippen LogP contribution is 2.16. The molecule has 1 aromatic rings. The van der Waals surface area contributed by atoms with Gasteiger partial charge in [-0.25, -0.2) is 21.8 Å². The van der Waals surface area contributed by atoms with E-state index in [2.05, 4.69) is 4.98 Å². The van der Waals surface area contributed by atoms with Gasteiger partial charge in [0.05, 0.1) is 5.75 Å². The minimum Gasteiger partial charge on any atom is -0.333 e. The first kappa shape index (κ1) is 16.5. The fraction of sp³-hybridized carbons (Fsp3) is 0.700. The zero-order valence-corrected chi connectivity index (χ0v) is 13.2. The van der Waals surface area contributed by atoms with E-state index in [1.807, 2.05) is 6.92 Å². The molecule has 19 heavy (non-hydrogen) atoms. The summed E-state index contributed by atoms with van der Waals surface area (Å²) in [5.41, 5.74) is 0. The summed E-state index contributed by atoms with van der Waals surface area (Å²) in [6, 6.07) is 0. The zero-order chi connectivity index (χ0) is 14.7. The summed E-state index contributed by atoms with van der Waals surface area (Å²) in [6.07, 6.45) is 4.36. The second-order valence-electron chi connectivity index (χ2n) is 4.36. The summed E-state index contributed by atoms with van der Waals surface area (Å²) in [4.78, 5) is 3.98. The molecule has 1 rings (SSSR count). The Morgan fingerprint density at radius 2 is 1.95 bits per heavy atom. The van der Waals surface area contributed by atoms with Gasteiger partial charge in [0.15, 0.2) is 5.03 Å². The smallest absolute Gasteiger partial charge is 0.280 e. The Labute approximate surface area is 118 Å². The molecule has 0 unspecified atom stereocenters. The van der Waals surface area contributed by atoms with Crippen molar-refractivity contribution < 1.29 is 16.8 Å². The molecule has 0 N–H and O–H groups in total. The molecular weight excluding hydrogens is 312 g/mol. The zero-order valence-electron chi connectivity index (χ0n) is 10.8. The third-order valence-corrected chi connectivity index (χ3v) is 4.68. The van der Waals surface area contributed by atoms with Crippen molar-refractivity contribution in [2.45, 2.75) is 37.8 Å². The van der Waals surface area contributed by atoms with E-state index in [0.29, 0.717) is 25.2 Å². The quantitative estimate of drug-likeness (QED) is 0.702. The Bertz CT molecular complexity index is 634. The van der Waals surface area contributed by atoms with Crippen LogP contribution in [0.5, 0.6) is 0 Å². The van der Waals surface area contributed by atoms with E-state index in [1.165, 1.54) is 12.5 Å². The third kappa shape index (κ3) is 5.50. The maximum atomic E-state index is 11.2. The van der Waals surface area contributed by atoms with E-state index < -0.39 is 18.9 Å². The van der Waals surface area contributed by atoms with Crippen molar-refractivity contribution in [1.29, 1.82) is 0 Å². The lowest BCUT2D eigenvalue weighted by Crippen LogP contribution is -2.09. The molecule has 1 aromatic heterocycles. The van der Waals surface area contributed by atoms with Crippen LogP contribution in [0, 0.1) is 0 Å². The van der Waals surface area contributed by atoms with Crippen LogP contribution in [0.3, 0.4) is 0 Å². The summed E-state index contributed by atoms with van der Waals surface area (Å²) in [6.45, 7) is 2.35. The number of hydrogen-bond acceptors (Lipinski definition) is 5. The average Bonchev–Trinajstić information content (AvgIpc) is 2.60. The van der Waals surface area contributed by atoms with E-state index in [-0.39, 0.29) is 10.8 Å². The largest absolute Gasteiger partial charge is 0.333 e. The number of imidazole rings is 1. The third-order valence-electron chi connectivity index (χ3n) is 2.47. The summed E-state index contributed by atoms with van der Waals surface area (Å²) >= 11 is 0. The molecule has 0 bridgehead atoms. The molecule has 0 saturated carbocycles. The van der Waals surface area contributed by atoms with Gasteiger partial charge in [0.2, 0.25) is 0 Å². The molecule has 9 heteroatoms. The lowest BCUT2D eigenvalue weighted by molar-refractivity contribution is 0.586. The highest BCUT2D eigenvalue weighted by Gasteiger charge is 2.17. The average molecular weight is 329 g/mol. The number of nitrogens with zero attached hydrogens (tertiary/aromatic N) is 2. The lowest BCUT2D eigenvalue weighted by atomic mass is 10.3. The topological polar surface area (TPSA) is 86.1 Å². The standard InChI is InChI=1S/C10H17ClN2O4S2/c1-3-5-9-12-10(19(11,16)17)8-13(9)6-4-7-18(2,14)15/h8H,3-7H2,1-2H3. The van der Waals surface area contributed by atoms with E-state index in [1.54, 1.807) is 4.57 Å². The van der Waals surface area contributed by atoms with Gasteiger partial charge in [-0.05, 0) is 12.8 Å². The van der Waals surface area contributed by atoms with E-state index in [0.717, 1.165) is 6.42 Å². The van der Waals surface area contributed by atoms with E-state index in [4.69, 9.17) is 10.7 Å². The number of hydrogen-bond donors (Lipinski definition) is 0. The van der Waals surface area contributed by atoms with Crippen molar-refractivity contribution in [3.63, 3.8) is 0 Å². The number of sulfone groups is 1. The monoisotopic (exact) mass is 328 g/mol. The maximum absolute atomic E-state index is 11.2. The molecule has 0 saturated heterocycles. The predicted molar refractivity (Wildman–Crippen MR) is 73.6 cm³/mol. The maximum Gasteiger partial charge on any atom is 0.280 e. The van der Waals surface area contributed by atoms with Crippen LogP contribution in [-0.2, 0) is 31.9 Å². The predicted octanol–water partition coefficient (Wildman–Crippen LogP) is 1.20. The van der Waals surface area contributed by atoms with Crippen LogP contribution < -0.4 is 0 Å². The highest BCUT2D eigenvalue weighted by molar-refractivity contribution is 8.13. The van der Waals surface area contributed by atoms with Gasteiger partial charge in [0.1, 0.15) is 15.7 Å². The Morgan fingerprint density at radius 1 is 1.32 bits per heavy atom. The molecule has 0 aromatic carbocycles. The molecule has 0 radical (unpaired) electrons. The van der Waals surface area contributed by atoms with Crippen molar-refractivity contribution in [2.24, 2.45) is 0 Å². The first-order chi connectivity index (χ1) is 8.63. The van der Waals surface area contributed by atoms with Gasteiger partial charge in [-0.1, -0.05) is 6.92 Å². The number of aromatic nitrogens is 2. The molecule has 1 heterocycles. The molecule has 110 valence electrons. The van der Waals surface area contributed by atoms with Crippen molar-refractivity contribution in [3.05, 3.63) is 12.0 Å². The molecule has 6 nitrogen and oxygen atoms in total. The second kappa shape index (κ2) is 6.23. The number of rotatable bonds is 7. The minimum absolute atomic E-state index is 0.0553. The Hall–Kier alpha value is -0.600. The van der Waals surface area contributed by atoms with Gasteiger partial charge in [0, 0.05) is 36.1 Å². The fourth-order valence-electron chi connectivity index (χ4n) is 1.66. The Kier molecular flexibility index (Phi) is 5.40. The molecule has 0 spiro atoms. The number of aryl methyl sites for hydroxylation is 2. The van der Waals surface area contributed by atoms with Crippen LogP contribution in [0.4, 0.5) is 0 Å². The first-order valence-corrected chi connectivity index (χ1v) is 10.2. The van der Waals surface area contributed by atoms with Crippen LogP contribution >= 0.6 is 10.7 Å². The fourth-order valence-corrected chi connectivity index (χ4v) is 3.00. The molecule has 0 fully saturated rings. The minimum atomic E-state index is -3.85. The van der Waals surface area contributed by atoms with Crippen LogP contribution in [-0.4, -0.2) is 38.4 Å². The molecule has 0 atom stereocenters. The Morgan fingerprint density at radius 3 is 2.42 bits per heavy atom. The van der Waals surface area contributed by atoms with Gasteiger partial charge in [-0.2, -0.15) is 0 Å². The van der Waals surface area contributed by atoms with Crippen molar-refractivity contribution >= 4 is 29.6 Å². The normalized spacial score (nSPS) is 12.8. The summed E-state index contributed by atoms with van der Waals surface area (Å²) in [7, 11) is -1.62. The summed E-state index contributed by atoms with van der Waals surface area (Å²) < 4.78 is 46.2. The van der Waals surface area contributed by atoms with Crippen LogP contribution in [0.25, 0.3) is 0 Å². The van der Waals surface area contributed by atoms with Gasteiger partial charge in [-0.15, -0.1) is 0 Å². The highest BCUT2D eigenvalue weighted by atomic mass is 35.7. The van der Waals surface area contributed by atoms with Gasteiger partial charge >= 0.3 is 0 Å². The molecule has 0 aliphatic carbocycles. The summed E-state index contributed by atoms with van der Waals surface area (Å²) in [5, 5.41) is -0.183. The molecule has 0 amide bonds. The van der Waals surface area contributed by atoms with Crippen LogP contribution in [0.2, 0.25) is 0 Å². The van der Waals surface area contributed by atoms with E-state index in [9.17, 15) is 16.8 Å². The van der Waals surface area contributed by atoms with E-state index >= 15 is 0 Å². The SMILES string of the molecule is CCCc1nc(S(=O)(=O)Cl)cn1CCCS(C)(=O)=O. The van der Waals surface area contributed by atoms with Crippen LogP contribution in [0.1, 0.15) is 25.6 Å². The molecular formula is C10H17ClN2O4S2. The Balaban J connectivity index is 2.89. The number of halogens is 1. The summed E-state index contributed by atoms with van der Waals surface area (Å²) in [5.74, 6) is 0.662. The van der Waals surface area contributed by atoms with Crippen molar-refractivity contribution in [1.82, 2.24) is 9.55 Å². The lowest BCUT2D eigenvalue weighted by Gasteiger charge is -2.05. The second-order valence-corrected chi connectivity index (χ2v) is 9.13. The van der Waals surface area contributed by atoms with Gasteiger partial charge < -0.3 is 4.57 Å². The van der Waals surface area contributed by atoms with Gasteiger partial charge in [-0.3, -0.25) is 0 Å². The molecule has 0 aliphatic heterocycles. The van der Waals surface area contributed by atoms with Crippen LogP contribution in [0.15, 0.2) is 11.2 Å².